The molecular formula is C24H23FN4O4S. The molecule has 0 aliphatic carbocycles. The summed E-state index contributed by atoms with van der Waals surface area (Å²) in [5, 5.41) is 9.30. The lowest BCUT2D eigenvalue weighted by Gasteiger charge is -2.12. The normalized spacial score (nSPS) is 11.2. The predicted molar refractivity (Wildman–Crippen MR) is 128 cm³/mol. The zero-order valence-corrected chi connectivity index (χ0v) is 19.7. The van der Waals surface area contributed by atoms with Crippen LogP contribution >= 0.6 is 11.3 Å². The Morgan fingerprint density at radius 3 is 2.59 bits per heavy atom. The van der Waals surface area contributed by atoms with Crippen molar-refractivity contribution in [3.63, 3.8) is 0 Å². The molecule has 0 saturated carbocycles. The molecule has 0 aliphatic rings. The molecule has 0 radical (unpaired) electrons. The van der Waals surface area contributed by atoms with Gasteiger partial charge in [0.1, 0.15) is 5.82 Å². The van der Waals surface area contributed by atoms with Gasteiger partial charge in [-0.05, 0) is 35.9 Å². The van der Waals surface area contributed by atoms with Gasteiger partial charge >= 0.3 is 0 Å². The van der Waals surface area contributed by atoms with E-state index >= 15 is 0 Å². The van der Waals surface area contributed by atoms with Gasteiger partial charge in [-0.1, -0.05) is 12.1 Å². The van der Waals surface area contributed by atoms with Crippen LogP contribution in [0.3, 0.4) is 0 Å². The van der Waals surface area contributed by atoms with Gasteiger partial charge in [-0.2, -0.15) is 4.98 Å². The van der Waals surface area contributed by atoms with Crippen LogP contribution in [0.15, 0.2) is 47.9 Å². The molecule has 2 aromatic carbocycles. The standard InChI is InChI=1S/C24H23FN4O4S/c1-31-19-11-15(12-20(32-2)22(19)33-3)7-8-21(30)26-10-9-18-14-34-24-27-23(28-29(18)24)16-5-4-6-17(25)13-16/h4-8,11-14H,9-10H2,1-3H3,(H,26,30). The van der Waals surface area contributed by atoms with Gasteiger partial charge in [0, 0.05) is 30.0 Å². The molecule has 0 saturated heterocycles. The minimum Gasteiger partial charge on any atom is -0.493 e. The van der Waals surface area contributed by atoms with Crippen molar-refractivity contribution in [1.82, 2.24) is 19.9 Å². The first-order valence-corrected chi connectivity index (χ1v) is 11.3. The van der Waals surface area contributed by atoms with E-state index in [2.05, 4.69) is 15.4 Å². The molecule has 4 aromatic rings. The number of benzene rings is 2. The highest BCUT2D eigenvalue weighted by molar-refractivity contribution is 7.15. The molecule has 1 N–H and O–H groups in total. The summed E-state index contributed by atoms with van der Waals surface area (Å²) in [5.74, 6) is 1.40. The van der Waals surface area contributed by atoms with E-state index in [0.29, 0.717) is 46.6 Å². The van der Waals surface area contributed by atoms with Crippen molar-refractivity contribution < 1.29 is 23.4 Å². The number of aromatic nitrogens is 3. The summed E-state index contributed by atoms with van der Waals surface area (Å²) < 4.78 is 31.2. The summed E-state index contributed by atoms with van der Waals surface area (Å²) in [5.41, 5.74) is 2.26. The van der Waals surface area contributed by atoms with Crippen LogP contribution < -0.4 is 19.5 Å². The van der Waals surface area contributed by atoms with Crippen LogP contribution in [-0.2, 0) is 11.2 Å². The number of ether oxygens (including phenoxy) is 3. The van der Waals surface area contributed by atoms with Gasteiger partial charge in [0.2, 0.25) is 16.6 Å². The fraction of sp³-hybridized carbons (Fsp3) is 0.208. The summed E-state index contributed by atoms with van der Waals surface area (Å²) in [4.78, 5) is 17.5. The van der Waals surface area contributed by atoms with Crippen molar-refractivity contribution in [2.45, 2.75) is 6.42 Å². The summed E-state index contributed by atoms with van der Waals surface area (Å²) in [7, 11) is 4.61. The second-order valence-corrected chi connectivity index (χ2v) is 8.04. The van der Waals surface area contributed by atoms with Crippen molar-refractivity contribution in [1.29, 1.82) is 0 Å². The Morgan fingerprint density at radius 2 is 1.91 bits per heavy atom. The highest BCUT2D eigenvalue weighted by Gasteiger charge is 2.13. The van der Waals surface area contributed by atoms with E-state index in [1.807, 2.05) is 5.38 Å². The third-order valence-corrected chi connectivity index (χ3v) is 5.89. The molecule has 10 heteroatoms. The van der Waals surface area contributed by atoms with Gasteiger partial charge < -0.3 is 19.5 Å². The summed E-state index contributed by atoms with van der Waals surface area (Å²) in [6.45, 7) is 0.416. The van der Waals surface area contributed by atoms with Crippen LogP contribution in [0.25, 0.3) is 22.4 Å². The smallest absolute Gasteiger partial charge is 0.244 e. The van der Waals surface area contributed by atoms with Crippen molar-refractivity contribution in [3.05, 3.63) is 64.9 Å². The molecule has 176 valence electrons. The van der Waals surface area contributed by atoms with Crippen molar-refractivity contribution in [3.8, 4) is 28.6 Å². The van der Waals surface area contributed by atoms with E-state index in [9.17, 15) is 9.18 Å². The molecule has 34 heavy (non-hydrogen) atoms. The minimum absolute atomic E-state index is 0.237. The Labute approximate surface area is 199 Å². The summed E-state index contributed by atoms with van der Waals surface area (Å²) in [6.07, 6.45) is 3.68. The first kappa shape index (κ1) is 23.2. The number of amides is 1. The number of hydrogen-bond acceptors (Lipinski definition) is 7. The van der Waals surface area contributed by atoms with E-state index in [-0.39, 0.29) is 11.7 Å². The van der Waals surface area contributed by atoms with Gasteiger partial charge in [-0.25, -0.2) is 8.91 Å². The first-order valence-electron chi connectivity index (χ1n) is 10.4. The van der Waals surface area contributed by atoms with E-state index in [1.165, 1.54) is 50.9 Å². The van der Waals surface area contributed by atoms with E-state index in [0.717, 1.165) is 11.3 Å². The second-order valence-electron chi connectivity index (χ2n) is 7.20. The monoisotopic (exact) mass is 482 g/mol. The Bertz CT molecular complexity index is 1320. The van der Waals surface area contributed by atoms with E-state index < -0.39 is 0 Å². The number of hydrogen-bond donors (Lipinski definition) is 1. The lowest BCUT2D eigenvalue weighted by atomic mass is 10.1. The van der Waals surface area contributed by atoms with Crippen molar-refractivity contribution in [2.24, 2.45) is 0 Å². The lowest BCUT2D eigenvalue weighted by molar-refractivity contribution is -0.116. The summed E-state index contributed by atoms with van der Waals surface area (Å²) in [6, 6.07) is 9.69. The third-order valence-electron chi connectivity index (χ3n) is 5.03. The molecule has 1 amide bonds. The number of methoxy groups -OCH3 is 3. The zero-order chi connectivity index (χ0) is 24.1. The van der Waals surface area contributed by atoms with Crippen molar-refractivity contribution in [2.75, 3.05) is 27.9 Å². The van der Waals surface area contributed by atoms with Gasteiger partial charge in [0.05, 0.1) is 27.0 Å². The van der Waals surface area contributed by atoms with E-state index in [1.54, 1.807) is 34.9 Å². The fourth-order valence-electron chi connectivity index (χ4n) is 3.39. The highest BCUT2D eigenvalue weighted by atomic mass is 32.1. The number of nitrogens with one attached hydrogen (secondary N) is 1. The summed E-state index contributed by atoms with van der Waals surface area (Å²) >= 11 is 1.44. The molecule has 0 aliphatic heterocycles. The van der Waals surface area contributed by atoms with Crippen LogP contribution in [0.4, 0.5) is 4.39 Å². The highest BCUT2D eigenvalue weighted by Crippen LogP contribution is 2.38. The Kier molecular flexibility index (Phi) is 7.07. The quantitative estimate of drug-likeness (QED) is 0.363. The van der Waals surface area contributed by atoms with Crippen LogP contribution in [0.2, 0.25) is 0 Å². The van der Waals surface area contributed by atoms with Gasteiger partial charge in [0.15, 0.2) is 17.3 Å². The maximum absolute atomic E-state index is 13.5. The number of halogens is 1. The maximum atomic E-state index is 13.5. The average molecular weight is 483 g/mol. The third kappa shape index (κ3) is 5.01. The van der Waals surface area contributed by atoms with Gasteiger partial charge in [-0.3, -0.25) is 4.79 Å². The lowest BCUT2D eigenvalue weighted by Crippen LogP contribution is -2.23. The molecule has 2 aromatic heterocycles. The molecule has 0 bridgehead atoms. The molecule has 8 nitrogen and oxygen atoms in total. The molecule has 0 unspecified atom stereocenters. The van der Waals surface area contributed by atoms with Gasteiger partial charge in [0.25, 0.3) is 0 Å². The molecule has 4 rings (SSSR count). The van der Waals surface area contributed by atoms with Gasteiger partial charge in [-0.15, -0.1) is 16.4 Å². The molecule has 0 atom stereocenters. The molecule has 2 heterocycles. The Morgan fingerprint density at radius 1 is 1.15 bits per heavy atom. The van der Waals surface area contributed by atoms with Crippen LogP contribution in [-0.4, -0.2) is 48.4 Å². The second kappa shape index (κ2) is 10.3. The Balaban J connectivity index is 1.38. The average Bonchev–Trinajstić information content (AvgIpc) is 3.43. The largest absolute Gasteiger partial charge is 0.493 e. The fourth-order valence-corrected chi connectivity index (χ4v) is 4.24. The zero-order valence-electron chi connectivity index (χ0n) is 18.9. The van der Waals surface area contributed by atoms with Crippen LogP contribution in [0.1, 0.15) is 11.3 Å². The molecular weight excluding hydrogens is 459 g/mol. The number of nitrogens with zero attached hydrogens (tertiary/aromatic N) is 3. The minimum atomic E-state index is -0.335. The topological polar surface area (TPSA) is 87.0 Å². The number of thiazole rings is 1. The predicted octanol–water partition coefficient (Wildman–Crippen LogP) is 3.99. The van der Waals surface area contributed by atoms with E-state index in [4.69, 9.17) is 14.2 Å². The molecule has 0 spiro atoms. The number of rotatable bonds is 9. The van der Waals surface area contributed by atoms with Crippen LogP contribution in [0, 0.1) is 5.82 Å². The number of fused-ring (bicyclic) bond motifs is 1. The number of carbonyl (C=O) groups excluding carboxylic acids is 1. The maximum Gasteiger partial charge on any atom is 0.244 e. The van der Waals surface area contributed by atoms with Crippen molar-refractivity contribution >= 4 is 28.3 Å². The number of carbonyl (C=O) groups is 1. The SMILES string of the molecule is COc1cc(C=CC(=O)NCCc2csc3nc(-c4cccc(F)c4)nn23)cc(OC)c1OC. The Hall–Kier alpha value is -3.92. The van der Waals surface area contributed by atoms with Crippen LogP contribution in [0.5, 0.6) is 17.2 Å². The first-order chi connectivity index (χ1) is 16.5. The molecule has 0 fully saturated rings.